The Morgan fingerprint density at radius 2 is 1.76 bits per heavy atom. The minimum absolute atomic E-state index is 0.0574. The number of allylic oxidation sites excluding steroid dienone is 2. The number of anilines is 1. The van der Waals surface area contributed by atoms with Crippen LogP contribution < -0.4 is 17.0 Å². The molecule has 0 saturated heterocycles. The first-order chi connectivity index (χ1) is 17.8. The van der Waals surface area contributed by atoms with E-state index in [0.717, 1.165) is 32.0 Å². The van der Waals surface area contributed by atoms with E-state index in [2.05, 4.69) is 48.0 Å². The van der Waals surface area contributed by atoms with Gasteiger partial charge in [-0.3, -0.25) is 9.89 Å². The van der Waals surface area contributed by atoms with Gasteiger partial charge in [0.25, 0.3) is 0 Å². The van der Waals surface area contributed by atoms with Crippen LogP contribution in [0.15, 0.2) is 59.3 Å². The summed E-state index contributed by atoms with van der Waals surface area (Å²) in [6.45, 7) is 10.8. The molecule has 202 valence electrons. The van der Waals surface area contributed by atoms with Crippen LogP contribution in [0.5, 0.6) is 0 Å². The maximum Gasteiger partial charge on any atom is 0.160 e. The quantitative estimate of drug-likeness (QED) is 0.160. The second-order valence-corrected chi connectivity index (χ2v) is 8.92. The number of halogens is 3. The molecule has 0 aliphatic heterocycles. The van der Waals surface area contributed by atoms with Gasteiger partial charge in [-0.05, 0) is 56.1 Å². The number of hydrazine groups is 1. The van der Waals surface area contributed by atoms with Gasteiger partial charge in [-0.15, -0.1) is 0 Å². The van der Waals surface area contributed by atoms with E-state index in [1.165, 1.54) is 24.8 Å². The standard InChI is InChI=1S/C25H31F3N6.C3H8/c1-3-10-34(11-4-2)15-17-9-8-16(13-21(17)27)18-12-19(24(29)31-14-18)25(33-30)32-22-7-5-6-20(26)23(22)28;1-3-2/h5-6,8-9,12-14,22H,3-4,7,10-11,15,30H2,1-2H3,(H2,29,31)(H,32,33);3H2,1-2H3. The zero-order chi connectivity index (χ0) is 27.4. The minimum Gasteiger partial charge on any atom is -0.383 e. The van der Waals surface area contributed by atoms with Crippen LogP contribution in [0.2, 0.25) is 0 Å². The monoisotopic (exact) mass is 516 g/mol. The highest BCUT2D eigenvalue weighted by Gasteiger charge is 2.22. The van der Waals surface area contributed by atoms with E-state index in [-0.39, 0.29) is 23.9 Å². The normalized spacial score (nSPS) is 15.6. The van der Waals surface area contributed by atoms with Crippen molar-refractivity contribution in [2.75, 3.05) is 18.8 Å². The molecular weight excluding hydrogens is 477 g/mol. The average Bonchev–Trinajstić information content (AvgIpc) is 2.87. The van der Waals surface area contributed by atoms with Gasteiger partial charge in [-0.25, -0.2) is 24.0 Å². The first-order valence-electron chi connectivity index (χ1n) is 12.8. The molecule has 0 amide bonds. The summed E-state index contributed by atoms with van der Waals surface area (Å²) in [7, 11) is 0. The summed E-state index contributed by atoms with van der Waals surface area (Å²) >= 11 is 0. The third-order valence-electron chi connectivity index (χ3n) is 5.60. The Bertz CT molecular complexity index is 1110. The number of hydrogen-bond donors (Lipinski definition) is 3. The number of hydrogen-bond acceptors (Lipinski definition) is 5. The SMILES string of the molecule is CCC.CCCN(CCC)Cc1ccc(-c2cnc(N)c(C(=NC3CC=CC(F)=C3F)NN)c2)cc1F. The van der Waals surface area contributed by atoms with Gasteiger partial charge in [0.1, 0.15) is 23.5 Å². The second-order valence-electron chi connectivity index (χ2n) is 8.92. The third-order valence-corrected chi connectivity index (χ3v) is 5.60. The Kier molecular flexibility index (Phi) is 12.3. The highest BCUT2D eigenvalue weighted by atomic mass is 19.2. The van der Waals surface area contributed by atoms with Crippen molar-refractivity contribution >= 4 is 11.7 Å². The molecule has 2 aromatic rings. The molecule has 1 aliphatic carbocycles. The lowest BCUT2D eigenvalue weighted by Crippen LogP contribution is -2.33. The summed E-state index contributed by atoms with van der Waals surface area (Å²) in [6, 6.07) is 5.63. The van der Waals surface area contributed by atoms with Gasteiger partial charge in [0.15, 0.2) is 11.7 Å². The molecule has 3 rings (SSSR count). The van der Waals surface area contributed by atoms with E-state index in [1.54, 1.807) is 12.1 Å². The van der Waals surface area contributed by atoms with E-state index in [9.17, 15) is 13.2 Å². The third kappa shape index (κ3) is 8.43. The molecule has 0 fully saturated rings. The molecule has 1 atom stereocenters. The highest BCUT2D eigenvalue weighted by Crippen LogP contribution is 2.27. The molecule has 5 N–H and O–H groups in total. The summed E-state index contributed by atoms with van der Waals surface area (Å²) in [5, 5.41) is 0. The Morgan fingerprint density at radius 3 is 2.35 bits per heavy atom. The fraction of sp³-hybridized carbons (Fsp3) is 0.429. The second kappa shape index (κ2) is 15.2. The number of amidine groups is 1. The molecule has 6 nitrogen and oxygen atoms in total. The van der Waals surface area contributed by atoms with Gasteiger partial charge in [-0.2, -0.15) is 0 Å². The van der Waals surface area contributed by atoms with Crippen LogP contribution in [0.3, 0.4) is 0 Å². The molecular formula is C28H39F3N6. The smallest absolute Gasteiger partial charge is 0.160 e. The van der Waals surface area contributed by atoms with E-state index >= 15 is 0 Å². The van der Waals surface area contributed by atoms with Crippen LogP contribution in [0.25, 0.3) is 11.1 Å². The summed E-state index contributed by atoms with van der Waals surface area (Å²) in [5.74, 6) is 3.52. The molecule has 1 aliphatic rings. The Labute approximate surface area is 218 Å². The number of pyridine rings is 1. The Hall–Kier alpha value is -3.17. The molecule has 0 spiro atoms. The van der Waals surface area contributed by atoms with Crippen molar-refractivity contribution in [2.24, 2.45) is 10.8 Å². The topological polar surface area (TPSA) is 92.6 Å². The largest absolute Gasteiger partial charge is 0.383 e. The van der Waals surface area contributed by atoms with Gasteiger partial charge >= 0.3 is 0 Å². The van der Waals surface area contributed by atoms with Crippen molar-refractivity contribution in [3.63, 3.8) is 0 Å². The summed E-state index contributed by atoms with van der Waals surface area (Å²) in [4.78, 5) is 10.6. The molecule has 0 saturated carbocycles. The zero-order valence-electron chi connectivity index (χ0n) is 22.2. The minimum atomic E-state index is -1.06. The molecule has 9 heteroatoms. The summed E-state index contributed by atoms with van der Waals surface area (Å²) < 4.78 is 42.7. The number of aliphatic imine (C=N–C) groups is 1. The molecule has 0 radical (unpaired) electrons. The summed E-state index contributed by atoms with van der Waals surface area (Å²) in [6.07, 6.45) is 7.51. The first-order valence-corrected chi connectivity index (χ1v) is 12.8. The van der Waals surface area contributed by atoms with Crippen molar-refractivity contribution in [2.45, 2.75) is 66.0 Å². The lowest BCUT2D eigenvalue weighted by atomic mass is 10.0. The van der Waals surface area contributed by atoms with E-state index in [4.69, 9.17) is 11.6 Å². The van der Waals surface area contributed by atoms with Gasteiger partial charge in [-0.1, -0.05) is 52.3 Å². The van der Waals surface area contributed by atoms with Crippen LogP contribution >= 0.6 is 0 Å². The number of rotatable bonds is 9. The number of nitrogen functional groups attached to an aromatic ring is 1. The molecule has 1 unspecified atom stereocenters. The summed E-state index contributed by atoms with van der Waals surface area (Å²) in [5.41, 5.74) is 10.5. The molecule has 37 heavy (non-hydrogen) atoms. The van der Waals surface area contributed by atoms with Crippen LogP contribution in [0.1, 0.15) is 64.5 Å². The fourth-order valence-electron chi connectivity index (χ4n) is 3.91. The van der Waals surface area contributed by atoms with E-state index in [0.29, 0.717) is 28.8 Å². The predicted molar refractivity (Wildman–Crippen MR) is 147 cm³/mol. The molecule has 1 heterocycles. The molecule has 1 aromatic heterocycles. The highest BCUT2D eigenvalue weighted by molar-refractivity contribution is 6.03. The Morgan fingerprint density at radius 1 is 1.08 bits per heavy atom. The maximum atomic E-state index is 15.0. The number of nitrogens with two attached hydrogens (primary N) is 2. The van der Waals surface area contributed by atoms with Crippen molar-refractivity contribution in [1.82, 2.24) is 15.3 Å². The molecule has 0 bridgehead atoms. The number of nitrogens with one attached hydrogen (secondary N) is 1. The fourth-order valence-corrected chi connectivity index (χ4v) is 3.91. The van der Waals surface area contributed by atoms with Crippen molar-refractivity contribution < 1.29 is 13.2 Å². The lowest BCUT2D eigenvalue weighted by Gasteiger charge is -2.21. The maximum absolute atomic E-state index is 15.0. The van der Waals surface area contributed by atoms with Gasteiger partial charge < -0.3 is 11.2 Å². The zero-order valence-corrected chi connectivity index (χ0v) is 22.2. The van der Waals surface area contributed by atoms with Crippen LogP contribution in [-0.4, -0.2) is 34.9 Å². The van der Waals surface area contributed by atoms with Crippen LogP contribution in [0.4, 0.5) is 19.0 Å². The van der Waals surface area contributed by atoms with Crippen LogP contribution in [0, 0.1) is 5.82 Å². The number of nitrogens with zero attached hydrogens (tertiary/aromatic N) is 3. The first kappa shape index (κ1) is 30.1. The number of benzene rings is 1. The van der Waals surface area contributed by atoms with E-state index < -0.39 is 17.7 Å². The van der Waals surface area contributed by atoms with Gasteiger partial charge in [0, 0.05) is 23.9 Å². The van der Waals surface area contributed by atoms with Gasteiger partial charge in [0.2, 0.25) is 0 Å². The Balaban J connectivity index is 0.00000153. The van der Waals surface area contributed by atoms with Crippen LogP contribution in [-0.2, 0) is 6.54 Å². The lowest BCUT2D eigenvalue weighted by molar-refractivity contribution is 0.263. The van der Waals surface area contributed by atoms with Gasteiger partial charge in [0.05, 0.1) is 5.56 Å². The van der Waals surface area contributed by atoms with Crippen molar-refractivity contribution in [3.8, 4) is 11.1 Å². The van der Waals surface area contributed by atoms with Crippen molar-refractivity contribution in [3.05, 3.63) is 71.2 Å². The molecule has 1 aromatic carbocycles. The van der Waals surface area contributed by atoms with Crippen molar-refractivity contribution in [1.29, 1.82) is 0 Å². The average molecular weight is 517 g/mol. The predicted octanol–water partition coefficient (Wildman–Crippen LogP) is 6.20. The van der Waals surface area contributed by atoms with E-state index in [1.807, 2.05) is 6.07 Å². The number of aromatic nitrogens is 1.